The first kappa shape index (κ1) is 23.6. The van der Waals surface area contributed by atoms with Gasteiger partial charge in [-0.25, -0.2) is 14.6 Å². The molecule has 2 aliphatic heterocycles. The fourth-order valence-electron chi connectivity index (χ4n) is 5.29. The summed E-state index contributed by atoms with van der Waals surface area (Å²) in [6.07, 6.45) is 1.84. The number of piperazine rings is 1. The fourth-order valence-corrected chi connectivity index (χ4v) is 5.29. The molecule has 0 saturated carbocycles. The van der Waals surface area contributed by atoms with E-state index in [2.05, 4.69) is 17.0 Å². The third-order valence-electron chi connectivity index (χ3n) is 7.45. The first-order chi connectivity index (χ1) is 18.1. The molecule has 0 aliphatic carbocycles. The summed E-state index contributed by atoms with van der Waals surface area (Å²) in [6.45, 7) is 8.26. The molecule has 2 aromatic heterocycles. The number of aromatic nitrogens is 4. The molecule has 190 valence electrons. The molecule has 1 amide bonds. The number of anilines is 1. The maximum atomic E-state index is 13.1. The number of hydrogen-bond donors (Lipinski definition) is 0. The summed E-state index contributed by atoms with van der Waals surface area (Å²) in [5.41, 5.74) is 4.63. The molecular weight excluding hydrogens is 464 g/mol. The van der Waals surface area contributed by atoms with E-state index < -0.39 is 0 Å². The highest BCUT2D eigenvalue weighted by atomic mass is 16.5. The molecular formula is C29H32N6O2. The first-order valence-corrected chi connectivity index (χ1v) is 13.1. The zero-order valence-corrected chi connectivity index (χ0v) is 21.4. The van der Waals surface area contributed by atoms with Crippen molar-refractivity contribution in [2.45, 2.75) is 32.6 Å². The Morgan fingerprint density at radius 2 is 1.59 bits per heavy atom. The Kier molecular flexibility index (Phi) is 6.34. The summed E-state index contributed by atoms with van der Waals surface area (Å²) in [5, 5.41) is 5.87. The van der Waals surface area contributed by atoms with Crippen LogP contribution in [-0.4, -0.2) is 69.9 Å². The van der Waals surface area contributed by atoms with E-state index in [9.17, 15) is 4.79 Å². The van der Waals surface area contributed by atoms with Crippen molar-refractivity contribution in [2.24, 2.45) is 0 Å². The second kappa shape index (κ2) is 9.94. The van der Waals surface area contributed by atoms with Crippen LogP contribution >= 0.6 is 0 Å². The van der Waals surface area contributed by atoms with Crippen molar-refractivity contribution in [1.29, 1.82) is 0 Å². The molecule has 6 rings (SSSR count). The van der Waals surface area contributed by atoms with Gasteiger partial charge in [-0.3, -0.25) is 4.79 Å². The van der Waals surface area contributed by atoms with E-state index in [0.717, 1.165) is 71.2 Å². The molecule has 0 unspecified atom stereocenters. The van der Waals surface area contributed by atoms with Crippen LogP contribution in [0.4, 0.5) is 5.82 Å². The minimum absolute atomic E-state index is 0.0865. The molecule has 0 N–H and O–H groups in total. The molecule has 8 nitrogen and oxygen atoms in total. The van der Waals surface area contributed by atoms with Gasteiger partial charge in [0.15, 0.2) is 5.65 Å². The van der Waals surface area contributed by atoms with Gasteiger partial charge in [-0.2, -0.15) is 5.10 Å². The first-order valence-electron chi connectivity index (χ1n) is 13.1. The monoisotopic (exact) mass is 496 g/mol. The lowest BCUT2D eigenvalue weighted by molar-refractivity contribution is 0.0746. The number of carbonyl (C=O) groups excluding carboxylic acids is 1. The Morgan fingerprint density at radius 3 is 2.30 bits per heavy atom. The third kappa shape index (κ3) is 4.57. The summed E-state index contributed by atoms with van der Waals surface area (Å²) in [6, 6.07) is 18.0. The van der Waals surface area contributed by atoms with Gasteiger partial charge in [0.25, 0.3) is 5.91 Å². The van der Waals surface area contributed by atoms with E-state index >= 15 is 0 Å². The molecule has 4 aromatic rings. The lowest BCUT2D eigenvalue weighted by atomic mass is 9.99. The number of nitrogens with zero attached hydrogens (tertiary/aromatic N) is 6. The molecule has 0 radical (unpaired) electrons. The summed E-state index contributed by atoms with van der Waals surface area (Å²) in [5.74, 6) is 2.14. The van der Waals surface area contributed by atoms with Crippen LogP contribution in [0.1, 0.15) is 46.2 Å². The fraction of sp³-hybridized carbons (Fsp3) is 0.379. The lowest BCUT2D eigenvalue weighted by Gasteiger charge is -2.36. The van der Waals surface area contributed by atoms with Crippen LogP contribution in [0.2, 0.25) is 0 Å². The van der Waals surface area contributed by atoms with Crippen molar-refractivity contribution in [3.63, 3.8) is 0 Å². The number of ether oxygens (including phenoxy) is 1. The van der Waals surface area contributed by atoms with Crippen LogP contribution in [0, 0.1) is 13.8 Å². The second-order valence-corrected chi connectivity index (χ2v) is 9.97. The summed E-state index contributed by atoms with van der Waals surface area (Å²) < 4.78 is 7.55. The SMILES string of the molecule is Cc1ccc(C(=O)N2CCN(c3nc(C4CCOCC4)nc4c3c(C)nn4-c3ccccc3)CC2)cc1. The van der Waals surface area contributed by atoms with Gasteiger partial charge in [0.1, 0.15) is 11.6 Å². The molecule has 0 spiro atoms. The number of para-hydroxylation sites is 1. The smallest absolute Gasteiger partial charge is 0.253 e. The van der Waals surface area contributed by atoms with Crippen molar-refractivity contribution >= 4 is 22.8 Å². The zero-order valence-electron chi connectivity index (χ0n) is 21.4. The van der Waals surface area contributed by atoms with Crippen molar-refractivity contribution in [3.8, 4) is 5.69 Å². The number of fused-ring (bicyclic) bond motifs is 1. The Balaban J connectivity index is 1.34. The molecule has 2 aliphatic rings. The summed E-state index contributed by atoms with van der Waals surface area (Å²) in [7, 11) is 0. The van der Waals surface area contributed by atoms with Gasteiger partial charge in [0.05, 0.1) is 16.8 Å². The van der Waals surface area contributed by atoms with Gasteiger partial charge >= 0.3 is 0 Å². The second-order valence-electron chi connectivity index (χ2n) is 9.97. The Bertz CT molecular complexity index is 1400. The molecule has 0 atom stereocenters. The minimum atomic E-state index is 0.0865. The van der Waals surface area contributed by atoms with E-state index in [1.807, 2.05) is 65.9 Å². The van der Waals surface area contributed by atoms with Crippen LogP contribution in [0.3, 0.4) is 0 Å². The topological polar surface area (TPSA) is 76.4 Å². The average molecular weight is 497 g/mol. The predicted molar refractivity (Wildman–Crippen MR) is 143 cm³/mol. The molecule has 2 aromatic carbocycles. The highest BCUT2D eigenvalue weighted by Crippen LogP contribution is 2.33. The van der Waals surface area contributed by atoms with Crippen LogP contribution in [-0.2, 0) is 4.74 Å². The number of aryl methyl sites for hydroxylation is 2. The highest BCUT2D eigenvalue weighted by molar-refractivity contribution is 5.95. The quantitative estimate of drug-likeness (QED) is 0.420. The average Bonchev–Trinajstić information content (AvgIpc) is 3.30. The van der Waals surface area contributed by atoms with Gasteiger partial charge in [-0.15, -0.1) is 0 Å². The normalized spacial score (nSPS) is 16.9. The van der Waals surface area contributed by atoms with Crippen molar-refractivity contribution in [1.82, 2.24) is 24.6 Å². The van der Waals surface area contributed by atoms with Gasteiger partial charge in [0.2, 0.25) is 0 Å². The summed E-state index contributed by atoms with van der Waals surface area (Å²) >= 11 is 0. The largest absolute Gasteiger partial charge is 0.381 e. The number of hydrogen-bond acceptors (Lipinski definition) is 6. The number of rotatable bonds is 4. The maximum Gasteiger partial charge on any atom is 0.253 e. The Morgan fingerprint density at radius 1 is 0.892 bits per heavy atom. The predicted octanol–water partition coefficient (Wildman–Crippen LogP) is 4.29. The van der Waals surface area contributed by atoms with E-state index in [1.165, 1.54) is 0 Å². The lowest BCUT2D eigenvalue weighted by Crippen LogP contribution is -2.49. The molecule has 0 bridgehead atoms. The number of carbonyl (C=O) groups is 1. The minimum Gasteiger partial charge on any atom is -0.381 e. The third-order valence-corrected chi connectivity index (χ3v) is 7.45. The van der Waals surface area contributed by atoms with E-state index in [1.54, 1.807) is 0 Å². The molecule has 2 fully saturated rings. The van der Waals surface area contributed by atoms with Crippen LogP contribution in [0.15, 0.2) is 54.6 Å². The van der Waals surface area contributed by atoms with Crippen LogP contribution in [0.25, 0.3) is 16.7 Å². The van der Waals surface area contributed by atoms with Crippen LogP contribution < -0.4 is 4.90 Å². The van der Waals surface area contributed by atoms with E-state index in [4.69, 9.17) is 19.8 Å². The van der Waals surface area contributed by atoms with Gasteiger partial charge in [0, 0.05) is 50.9 Å². The molecule has 4 heterocycles. The van der Waals surface area contributed by atoms with E-state index in [0.29, 0.717) is 26.2 Å². The van der Waals surface area contributed by atoms with Crippen molar-refractivity contribution < 1.29 is 9.53 Å². The highest BCUT2D eigenvalue weighted by Gasteiger charge is 2.29. The molecule has 2 saturated heterocycles. The maximum absolute atomic E-state index is 13.1. The zero-order chi connectivity index (χ0) is 25.4. The van der Waals surface area contributed by atoms with Gasteiger partial charge < -0.3 is 14.5 Å². The van der Waals surface area contributed by atoms with Gasteiger partial charge in [-0.05, 0) is 51.0 Å². The number of benzene rings is 2. The standard InChI is InChI=1S/C29H32N6O2/c1-20-8-10-23(11-9-20)29(36)34-16-14-33(15-17-34)27-25-21(2)32-35(24-6-4-3-5-7-24)28(25)31-26(30-27)22-12-18-37-19-13-22/h3-11,22H,12-19H2,1-2H3. The van der Waals surface area contributed by atoms with E-state index in [-0.39, 0.29) is 11.8 Å². The molecule has 37 heavy (non-hydrogen) atoms. The Hall–Kier alpha value is -3.78. The Labute approximate surface area is 216 Å². The molecule has 8 heteroatoms. The van der Waals surface area contributed by atoms with Gasteiger partial charge in [-0.1, -0.05) is 35.9 Å². The van der Waals surface area contributed by atoms with Crippen molar-refractivity contribution in [2.75, 3.05) is 44.3 Å². The van der Waals surface area contributed by atoms with Crippen LogP contribution in [0.5, 0.6) is 0 Å². The number of amides is 1. The summed E-state index contributed by atoms with van der Waals surface area (Å²) in [4.78, 5) is 27.6. The van der Waals surface area contributed by atoms with Crippen molar-refractivity contribution in [3.05, 3.63) is 77.2 Å².